The van der Waals surface area contributed by atoms with Crippen LogP contribution in [-0.4, -0.2) is 19.9 Å². The minimum atomic E-state index is -0.345. The van der Waals surface area contributed by atoms with Gasteiger partial charge in [-0.05, 0) is 30.5 Å². The summed E-state index contributed by atoms with van der Waals surface area (Å²) in [5.41, 5.74) is 1.09. The van der Waals surface area contributed by atoms with Crippen molar-refractivity contribution in [3.8, 4) is 11.5 Å². The van der Waals surface area contributed by atoms with Crippen molar-refractivity contribution in [3.05, 3.63) is 54.1 Å². The molecule has 0 atom stereocenters. The molecule has 0 aliphatic carbocycles. The van der Waals surface area contributed by atoms with Crippen molar-refractivity contribution in [2.45, 2.75) is 12.8 Å². The van der Waals surface area contributed by atoms with E-state index in [2.05, 4.69) is 16.9 Å². The molecule has 1 aliphatic heterocycles. The third-order valence-corrected chi connectivity index (χ3v) is 2.89. The molecule has 4 heteroatoms. The Morgan fingerprint density at radius 3 is 2.86 bits per heavy atom. The fourth-order valence-corrected chi connectivity index (χ4v) is 1.81. The summed E-state index contributed by atoms with van der Waals surface area (Å²) in [5, 5.41) is 0. The monoisotopic (exact) mass is 286 g/mol. The molecule has 1 aromatic rings. The molecule has 1 aromatic carbocycles. The highest BCUT2D eigenvalue weighted by molar-refractivity contribution is 5.82. The van der Waals surface area contributed by atoms with E-state index in [4.69, 9.17) is 9.47 Å². The van der Waals surface area contributed by atoms with Crippen molar-refractivity contribution in [1.29, 1.82) is 0 Å². The van der Waals surface area contributed by atoms with Crippen molar-refractivity contribution < 1.29 is 19.0 Å². The Hall–Kier alpha value is -2.49. The van der Waals surface area contributed by atoms with Crippen LogP contribution in [0.15, 0.2) is 48.6 Å². The van der Waals surface area contributed by atoms with E-state index in [9.17, 15) is 4.79 Å². The second-order valence-corrected chi connectivity index (χ2v) is 4.40. The second kappa shape index (κ2) is 7.94. The Morgan fingerprint density at radius 1 is 1.19 bits per heavy atom. The SMILES string of the molecule is COC(=O)/C=C/C=C/CC/C=C/c1ccc2c(c1)OCO2. The molecule has 0 fully saturated rings. The van der Waals surface area contributed by atoms with E-state index in [0.29, 0.717) is 6.79 Å². The zero-order valence-corrected chi connectivity index (χ0v) is 12.0. The van der Waals surface area contributed by atoms with E-state index < -0.39 is 0 Å². The topological polar surface area (TPSA) is 44.8 Å². The molecule has 1 heterocycles. The van der Waals surface area contributed by atoms with Gasteiger partial charge in [0, 0.05) is 6.08 Å². The standard InChI is InChI=1S/C17H18O4/c1-19-17(18)9-7-5-3-2-4-6-8-14-10-11-15-16(12-14)21-13-20-15/h3,5-12H,2,4,13H2,1H3/b5-3+,8-6+,9-7+. The Balaban J connectivity index is 1.72. The molecule has 2 rings (SSSR count). The maximum atomic E-state index is 10.8. The number of benzene rings is 1. The van der Waals surface area contributed by atoms with Crippen LogP contribution in [0.4, 0.5) is 0 Å². The minimum absolute atomic E-state index is 0.298. The summed E-state index contributed by atoms with van der Waals surface area (Å²) in [6, 6.07) is 5.88. The Kier molecular flexibility index (Phi) is 5.64. The first kappa shape index (κ1) is 14.9. The number of carbonyl (C=O) groups is 1. The number of esters is 1. The lowest BCUT2D eigenvalue weighted by Crippen LogP contribution is -1.92. The number of hydrogen-bond acceptors (Lipinski definition) is 4. The van der Waals surface area contributed by atoms with Crippen LogP contribution in [0.25, 0.3) is 6.08 Å². The molecule has 0 aromatic heterocycles. The summed E-state index contributed by atoms with van der Waals surface area (Å²) in [4.78, 5) is 10.8. The maximum Gasteiger partial charge on any atom is 0.330 e. The first-order chi connectivity index (χ1) is 10.3. The predicted octanol–water partition coefficient (Wildman–Crippen LogP) is 3.49. The van der Waals surface area contributed by atoms with Crippen LogP contribution in [0, 0.1) is 0 Å². The molecular weight excluding hydrogens is 268 g/mol. The Labute approximate surface area is 124 Å². The number of rotatable bonds is 6. The zero-order chi connectivity index (χ0) is 14.9. The fourth-order valence-electron chi connectivity index (χ4n) is 1.81. The molecule has 0 bridgehead atoms. The summed E-state index contributed by atoms with van der Waals surface area (Å²) in [5.74, 6) is 1.25. The van der Waals surface area contributed by atoms with Gasteiger partial charge in [0.1, 0.15) is 0 Å². The van der Waals surface area contributed by atoms with Crippen molar-refractivity contribution >= 4 is 12.0 Å². The van der Waals surface area contributed by atoms with Gasteiger partial charge in [-0.15, -0.1) is 0 Å². The highest BCUT2D eigenvalue weighted by Gasteiger charge is 2.11. The number of methoxy groups -OCH3 is 1. The van der Waals surface area contributed by atoms with Crippen LogP contribution in [-0.2, 0) is 9.53 Å². The van der Waals surface area contributed by atoms with Gasteiger partial charge >= 0.3 is 5.97 Å². The van der Waals surface area contributed by atoms with Gasteiger partial charge in [-0.2, -0.15) is 0 Å². The van der Waals surface area contributed by atoms with Gasteiger partial charge in [0.05, 0.1) is 7.11 Å². The second-order valence-electron chi connectivity index (χ2n) is 4.40. The molecule has 110 valence electrons. The average molecular weight is 286 g/mol. The zero-order valence-electron chi connectivity index (χ0n) is 12.0. The van der Waals surface area contributed by atoms with E-state index in [1.165, 1.54) is 13.2 Å². The third kappa shape index (κ3) is 4.84. The lowest BCUT2D eigenvalue weighted by molar-refractivity contribution is -0.134. The molecule has 0 spiro atoms. The van der Waals surface area contributed by atoms with E-state index in [0.717, 1.165) is 29.9 Å². The minimum Gasteiger partial charge on any atom is -0.466 e. The molecule has 4 nitrogen and oxygen atoms in total. The van der Waals surface area contributed by atoms with E-state index in [1.54, 1.807) is 6.08 Å². The van der Waals surface area contributed by atoms with E-state index in [1.807, 2.05) is 30.4 Å². The average Bonchev–Trinajstić information content (AvgIpc) is 2.97. The van der Waals surface area contributed by atoms with Crippen LogP contribution >= 0.6 is 0 Å². The molecule has 0 saturated heterocycles. The summed E-state index contributed by atoms with van der Waals surface area (Å²) in [7, 11) is 1.36. The lowest BCUT2D eigenvalue weighted by atomic mass is 10.1. The van der Waals surface area contributed by atoms with Crippen LogP contribution in [0.3, 0.4) is 0 Å². The fraction of sp³-hybridized carbons (Fsp3) is 0.235. The van der Waals surface area contributed by atoms with Crippen molar-refractivity contribution in [3.63, 3.8) is 0 Å². The predicted molar refractivity (Wildman–Crippen MR) is 81.1 cm³/mol. The third-order valence-electron chi connectivity index (χ3n) is 2.89. The van der Waals surface area contributed by atoms with Crippen molar-refractivity contribution in [2.75, 3.05) is 13.9 Å². The van der Waals surface area contributed by atoms with Crippen LogP contribution in [0.5, 0.6) is 11.5 Å². The van der Waals surface area contributed by atoms with Crippen molar-refractivity contribution in [2.24, 2.45) is 0 Å². The van der Waals surface area contributed by atoms with Gasteiger partial charge in [-0.25, -0.2) is 4.79 Å². The van der Waals surface area contributed by atoms with E-state index in [-0.39, 0.29) is 5.97 Å². The molecular formula is C17H18O4. The van der Waals surface area contributed by atoms with Crippen LogP contribution in [0.1, 0.15) is 18.4 Å². The van der Waals surface area contributed by atoms with E-state index >= 15 is 0 Å². The quantitative estimate of drug-likeness (QED) is 0.347. The van der Waals surface area contributed by atoms with Gasteiger partial charge in [-0.1, -0.05) is 36.4 Å². The molecule has 1 aliphatic rings. The molecule has 0 unspecified atom stereocenters. The van der Waals surface area contributed by atoms with Crippen LogP contribution in [0.2, 0.25) is 0 Å². The summed E-state index contributed by atoms with van der Waals surface area (Å²) in [6.07, 6.45) is 12.9. The number of carbonyl (C=O) groups excluding carboxylic acids is 1. The normalized spacial score (nSPS) is 13.6. The Morgan fingerprint density at radius 2 is 2.00 bits per heavy atom. The maximum absolute atomic E-state index is 10.8. The number of allylic oxidation sites excluding steroid dienone is 4. The highest BCUT2D eigenvalue weighted by atomic mass is 16.7. The van der Waals surface area contributed by atoms with Gasteiger partial charge < -0.3 is 14.2 Å². The summed E-state index contributed by atoms with van der Waals surface area (Å²) >= 11 is 0. The summed E-state index contributed by atoms with van der Waals surface area (Å²) in [6.45, 7) is 0.298. The smallest absolute Gasteiger partial charge is 0.330 e. The van der Waals surface area contributed by atoms with Gasteiger partial charge in [0.15, 0.2) is 11.5 Å². The van der Waals surface area contributed by atoms with Gasteiger partial charge in [0.2, 0.25) is 6.79 Å². The number of ether oxygens (including phenoxy) is 3. The first-order valence-corrected chi connectivity index (χ1v) is 6.77. The van der Waals surface area contributed by atoms with Gasteiger partial charge in [-0.3, -0.25) is 0 Å². The largest absolute Gasteiger partial charge is 0.466 e. The lowest BCUT2D eigenvalue weighted by Gasteiger charge is -1.97. The molecule has 0 N–H and O–H groups in total. The number of unbranched alkanes of at least 4 members (excludes halogenated alkanes) is 1. The molecule has 0 radical (unpaired) electrons. The number of hydrogen-bond donors (Lipinski definition) is 0. The first-order valence-electron chi connectivity index (χ1n) is 6.77. The highest BCUT2D eigenvalue weighted by Crippen LogP contribution is 2.32. The molecule has 0 amide bonds. The summed E-state index contributed by atoms with van der Waals surface area (Å²) < 4.78 is 15.1. The van der Waals surface area contributed by atoms with Gasteiger partial charge in [0.25, 0.3) is 0 Å². The molecule has 0 saturated carbocycles. The Bertz CT molecular complexity index is 570. The molecule has 21 heavy (non-hydrogen) atoms. The number of fused-ring (bicyclic) bond motifs is 1. The van der Waals surface area contributed by atoms with Crippen LogP contribution < -0.4 is 9.47 Å². The van der Waals surface area contributed by atoms with Crippen molar-refractivity contribution in [1.82, 2.24) is 0 Å².